The first-order chi connectivity index (χ1) is 16.9. The zero-order chi connectivity index (χ0) is 26.7. The zero-order valence-electron chi connectivity index (χ0n) is 18.1. The highest BCUT2D eigenvalue weighted by molar-refractivity contribution is 7.90. The minimum Gasteiger partial charge on any atom is -0.478 e. The SMILES string of the molecule is CNC(OC(=O)/C=C/C(=O)O)c1cn(S(=O)(=O)c2cccnc2)c(-c2cccnc2C(F)(F)F)c1F. The second-order valence-corrected chi connectivity index (χ2v) is 8.73. The molecule has 0 aliphatic heterocycles. The predicted octanol–water partition coefficient (Wildman–Crippen LogP) is 2.74. The second-order valence-electron chi connectivity index (χ2n) is 6.91. The molecule has 0 spiro atoms. The molecule has 1 atom stereocenters. The molecule has 3 aromatic heterocycles. The van der Waals surface area contributed by atoms with Gasteiger partial charge in [-0.15, -0.1) is 0 Å². The van der Waals surface area contributed by atoms with Gasteiger partial charge in [-0.25, -0.2) is 26.4 Å². The Hall–Kier alpha value is -4.11. The molecule has 0 aliphatic carbocycles. The van der Waals surface area contributed by atoms with E-state index < -0.39 is 67.6 Å². The van der Waals surface area contributed by atoms with Gasteiger partial charge in [-0.3, -0.25) is 15.3 Å². The Morgan fingerprint density at radius 3 is 2.47 bits per heavy atom. The van der Waals surface area contributed by atoms with Gasteiger partial charge in [0.15, 0.2) is 17.7 Å². The maximum Gasteiger partial charge on any atom is 0.434 e. The van der Waals surface area contributed by atoms with Crippen LogP contribution < -0.4 is 5.32 Å². The first-order valence-electron chi connectivity index (χ1n) is 9.75. The summed E-state index contributed by atoms with van der Waals surface area (Å²) in [4.78, 5) is 29.0. The summed E-state index contributed by atoms with van der Waals surface area (Å²) in [6.45, 7) is 0. The van der Waals surface area contributed by atoms with E-state index in [1.54, 1.807) is 0 Å². The summed E-state index contributed by atoms with van der Waals surface area (Å²) in [7, 11) is -3.52. The fourth-order valence-electron chi connectivity index (χ4n) is 3.10. The maximum absolute atomic E-state index is 15.8. The fraction of sp³-hybridized carbons (Fsp3) is 0.143. The van der Waals surface area contributed by atoms with Crippen LogP contribution in [0.4, 0.5) is 17.6 Å². The van der Waals surface area contributed by atoms with E-state index >= 15 is 4.39 Å². The number of carbonyl (C=O) groups excluding carboxylic acids is 1. The minimum atomic E-state index is -5.08. The van der Waals surface area contributed by atoms with Crippen LogP contribution in [0.15, 0.2) is 66.1 Å². The molecule has 2 N–H and O–H groups in total. The van der Waals surface area contributed by atoms with E-state index in [1.165, 1.54) is 19.3 Å². The average Bonchev–Trinajstić information content (AvgIpc) is 3.18. The van der Waals surface area contributed by atoms with Gasteiger partial charge in [0.1, 0.15) is 10.6 Å². The molecule has 3 heterocycles. The van der Waals surface area contributed by atoms with Crippen LogP contribution in [0.3, 0.4) is 0 Å². The van der Waals surface area contributed by atoms with Gasteiger partial charge >= 0.3 is 18.1 Å². The van der Waals surface area contributed by atoms with Crippen molar-refractivity contribution in [2.75, 3.05) is 7.05 Å². The van der Waals surface area contributed by atoms with Crippen molar-refractivity contribution < 1.29 is 45.4 Å². The first kappa shape index (κ1) is 26.5. The Bertz CT molecular complexity index is 1420. The van der Waals surface area contributed by atoms with Crippen LogP contribution in [0.5, 0.6) is 0 Å². The molecule has 0 aromatic carbocycles. The molecule has 190 valence electrons. The Kier molecular flexibility index (Phi) is 7.54. The molecule has 0 saturated carbocycles. The van der Waals surface area contributed by atoms with Gasteiger partial charge in [-0.2, -0.15) is 13.2 Å². The van der Waals surface area contributed by atoms with E-state index in [-0.39, 0.29) is 3.97 Å². The topological polar surface area (TPSA) is 140 Å². The predicted molar refractivity (Wildman–Crippen MR) is 114 cm³/mol. The summed E-state index contributed by atoms with van der Waals surface area (Å²) in [5.41, 5.74) is -4.13. The summed E-state index contributed by atoms with van der Waals surface area (Å²) < 4.78 is 88.6. The molecule has 3 rings (SSSR count). The number of carbonyl (C=O) groups is 2. The van der Waals surface area contributed by atoms with E-state index in [0.29, 0.717) is 18.3 Å². The molecule has 36 heavy (non-hydrogen) atoms. The molecule has 15 heteroatoms. The van der Waals surface area contributed by atoms with Crippen LogP contribution in [0.25, 0.3) is 11.3 Å². The highest BCUT2D eigenvalue weighted by Crippen LogP contribution is 2.40. The first-order valence-corrected chi connectivity index (χ1v) is 11.2. The van der Waals surface area contributed by atoms with Crippen LogP contribution in [0.1, 0.15) is 17.5 Å². The number of carboxylic acids is 1. The largest absolute Gasteiger partial charge is 0.478 e. The van der Waals surface area contributed by atoms with Gasteiger partial charge in [0, 0.05) is 42.5 Å². The second kappa shape index (κ2) is 10.2. The lowest BCUT2D eigenvalue weighted by atomic mass is 10.1. The lowest BCUT2D eigenvalue weighted by Crippen LogP contribution is -2.23. The number of rotatable bonds is 8. The number of hydrogen-bond acceptors (Lipinski definition) is 8. The van der Waals surface area contributed by atoms with Gasteiger partial charge < -0.3 is 9.84 Å². The van der Waals surface area contributed by atoms with Gasteiger partial charge in [-0.1, -0.05) is 0 Å². The third kappa shape index (κ3) is 5.41. The van der Waals surface area contributed by atoms with Crippen LogP contribution in [-0.4, -0.2) is 46.5 Å². The van der Waals surface area contributed by atoms with E-state index in [4.69, 9.17) is 9.84 Å². The summed E-state index contributed by atoms with van der Waals surface area (Å²) in [5, 5.41) is 11.0. The average molecular weight is 528 g/mol. The summed E-state index contributed by atoms with van der Waals surface area (Å²) in [5.74, 6) is -4.19. The van der Waals surface area contributed by atoms with E-state index in [1.807, 2.05) is 0 Å². The van der Waals surface area contributed by atoms with Crippen molar-refractivity contribution in [3.05, 3.63) is 78.3 Å². The number of hydrogen-bond donors (Lipinski definition) is 2. The van der Waals surface area contributed by atoms with Gasteiger partial charge in [0.25, 0.3) is 10.0 Å². The van der Waals surface area contributed by atoms with Gasteiger partial charge in [0.2, 0.25) is 0 Å². The molecular formula is C21H16F4N4O6S. The van der Waals surface area contributed by atoms with Crippen molar-refractivity contribution in [1.29, 1.82) is 0 Å². The molecule has 0 saturated heterocycles. The van der Waals surface area contributed by atoms with Gasteiger partial charge in [0.05, 0.1) is 5.56 Å². The number of halogens is 4. The highest BCUT2D eigenvalue weighted by Gasteiger charge is 2.39. The number of nitrogens with one attached hydrogen (secondary N) is 1. The Balaban J connectivity index is 2.28. The number of esters is 1. The Morgan fingerprint density at radius 1 is 1.19 bits per heavy atom. The summed E-state index contributed by atoms with van der Waals surface area (Å²) in [6, 6.07) is 4.25. The number of ether oxygens (including phenoxy) is 1. The Labute approximate surface area is 200 Å². The number of aliphatic carboxylic acids is 1. The third-order valence-corrected chi connectivity index (χ3v) is 6.24. The standard InChI is InChI=1S/C21H16F4N4O6S/c1-26-20(35-16(32)7-6-15(30)31)14-11-29(36(33,34)12-4-2-8-27-10-12)18(17(14)22)13-5-3-9-28-19(13)21(23,24)25/h2-11,20,26H,1H3,(H,30,31)/b7-6+. The van der Waals surface area contributed by atoms with Crippen molar-refractivity contribution in [2.45, 2.75) is 17.3 Å². The number of carboxylic acid groups (broad SMARTS) is 1. The number of pyridine rings is 2. The number of aromatic nitrogens is 3. The molecular weight excluding hydrogens is 512 g/mol. The number of alkyl halides is 3. The molecule has 1 unspecified atom stereocenters. The molecule has 10 nitrogen and oxygen atoms in total. The zero-order valence-corrected chi connectivity index (χ0v) is 18.9. The maximum atomic E-state index is 15.8. The summed E-state index contributed by atoms with van der Waals surface area (Å²) in [6.07, 6.45) is -2.21. The number of nitrogens with zero attached hydrogens (tertiary/aromatic N) is 3. The van der Waals surface area contributed by atoms with Gasteiger partial charge in [-0.05, 0) is 31.3 Å². The fourth-order valence-corrected chi connectivity index (χ4v) is 4.44. The molecule has 0 bridgehead atoms. The van der Waals surface area contributed by atoms with Crippen LogP contribution in [0.2, 0.25) is 0 Å². The van der Waals surface area contributed by atoms with E-state index in [9.17, 15) is 31.2 Å². The van der Waals surface area contributed by atoms with Crippen LogP contribution in [0, 0.1) is 5.82 Å². The summed E-state index contributed by atoms with van der Waals surface area (Å²) >= 11 is 0. The molecule has 0 aliphatic rings. The lowest BCUT2D eigenvalue weighted by Gasteiger charge is -2.15. The van der Waals surface area contributed by atoms with Crippen molar-refractivity contribution in [1.82, 2.24) is 19.3 Å². The third-order valence-electron chi connectivity index (χ3n) is 4.60. The Morgan fingerprint density at radius 2 is 1.89 bits per heavy atom. The van der Waals surface area contributed by atoms with E-state index in [0.717, 1.165) is 30.6 Å². The monoisotopic (exact) mass is 528 g/mol. The smallest absolute Gasteiger partial charge is 0.434 e. The van der Waals surface area contributed by atoms with Crippen LogP contribution >= 0.6 is 0 Å². The lowest BCUT2D eigenvalue weighted by molar-refractivity contribution is -0.145. The molecule has 3 aromatic rings. The normalized spacial score (nSPS) is 13.0. The van der Waals surface area contributed by atoms with Crippen molar-refractivity contribution in [3.63, 3.8) is 0 Å². The minimum absolute atomic E-state index is 0.270. The van der Waals surface area contributed by atoms with E-state index in [2.05, 4.69) is 15.3 Å². The van der Waals surface area contributed by atoms with Crippen molar-refractivity contribution in [2.24, 2.45) is 0 Å². The quantitative estimate of drug-likeness (QED) is 0.195. The molecule has 0 amide bonds. The van der Waals surface area contributed by atoms with Crippen LogP contribution in [-0.2, 0) is 30.5 Å². The molecule has 0 fully saturated rings. The van der Waals surface area contributed by atoms with Crippen molar-refractivity contribution in [3.8, 4) is 11.3 Å². The van der Waals surface area contributed by atoms with Crippen molar-refractivity contribution >= 4 is 22.0 Å². The molecule has 0 radical (unpaired) electrons. The highest BCUT2D eigenvalue weighted by atomic mass is 32.2.